The number of anilines is 1. The van der Waals surface area contributed by atoms with Gasteiger partial charge in [-0.25, -0.2) is 9.97 Å². The van der Waals surface area contributed by atoms with Gasteiger partial charge >= 0.3 is 6.18 Å². The molecule has 2 unspecified atom stereocenters. The molecule has 2 aliphatic rings. The third-order valence-corrected chi connectivity index (χ3v) is 6.59. The lowest BCUT2D eigenvalue weighted by atomic mass is 9.88. The van der Waals surface area contributed by atoms with E-state index in [4.69, 9.17) is 0 Å². The fraction of sp³-hybridized carbons (Fsp3) is 0.684. The van der Waals surface area contributed by atoms with Crippen LogP contribution < -0.4 is 4.90 Å². The predicted octanol–water partition coefficient (Wildman–Crippen LogP) is 4.21. The molecule has 0 N–H and O–H groups in total. The van der Waals surface area contributed by atoms with E-state index in [1.54, 1.807) is 6.07 Å². The number of halogens is 3. The number of rotatable bonds is 4. The summed E-state index contributed by atoms with van der Waals surface area (Å²) in [5.41, 5.74) is 0. The second-order valence-corrected chi connectivity index (χ2v) is 9.40. The number of thiophene rings is 1. The molecule has 2 aromatic heterocycles. The van der Waals surface area contributed by atoms with Gasteiger partial charge in [0.05, 0.1) is 11.8 Å². The number of nitrogens with zero attached hydrogens (tertiary/aromatic N) is 4. The molecule has 148 valence electrons. The lowest BCUT2D eigenvalue weighted by Crippen LogP contribution is -2.41. The highest BCUT2D eigenvalue weighted by Gasteiger charge is 2.38. The van der Waals surface area contributed by atoms with Crippen molar-refractivity contribution < 1.29 is 13.2 Å². The van der Waals surface area contributed by atoms with Crippen LogP contribution in [0.2, 0.25) is 0 Å². The molecule has 2 atom stereocenters. The van der Waals surface area contributed by atoms with Crippen LogP contribution in [0.15, 0.2) is 12.4 Å². The van der Waals surface area contributed by atoms with Gasteiger partial charge in [-0.3, -0.25) is 0 Å². The van der Waals surface area contributed by atoms with Crippen LogP contribution in [0, 0.1) is 17.8 Å². The Kier molecular flexibility index (Phi) is 5.05. The Morgan fingerprint density at radius 2 is 1.96 bits per heavy atom. The Morgan fingerprint density at radius 3 is 2.70 bits per heavy atom. The molecule has 4 heterocycles. The van der Waals surface area contributed by atoms with E-state index in [2.05, 4.69) is 33.6 Å². The van der Waals surface area contributed by atoms with Crippen molar-refractivity contribution in [3.63, 3.8) is 0 Å². The molecule has 2 aliphatic heterocycles. The van der Waals surface area contributed by atoms with E-state index in [0.717, 1.165) is 55.3 Å². The second-order valence-electron chi connectivity index (χ2n) is 8.29. The number of piperidine rings is 1. The van der Waals surface area contributed by atoms with Crippen molar-refractivity contribution in [2.24, 2.45) is 17.8 Å². The van der Waals surface area contributed by atoms with E-state index < -0.39 is 12.6 Å². The Labute approximate surface area is 161 Å². The van der Waals surface area contributed by atoms with Gasteiger partial charge in [0.25, 0.3) is 0 Å². The number of aromatic nitrogens is 2. The maximum absolute atomic E-state index is 12.8. The van der Waals surface area contributed by atoms with Crippen LogP contribution in [0.3, 0.4) is 0 Å². The number of hydrogen-bond acceptors (Lipinski definition) is 5. The molecule has 2 saturated heterocycles. The minimum absolute atomic E-state index is 0.305. The molecule has 0 saturated carbocycles. The number of fused-ring (bicyclic) bond motifs is 2. The summed E-state index contributed by atoms with van der Waals surface area (Å²) in [4.78, 5) is 14.4. The molecule has 0 bridgehead atoms. The zero-order chi connectivity index (χ0) is 19.2. The molecule has 4 nitrogen and oxygen atoms in total. The summed E-state index contributed by atoms with van der Waals surface area (Å²) in [7, 11) is 0. The first-order chi connectivity index (χ1) is 12.8. The topological polar surface area (TPSA) is 32.3 Å². The van der Waals surface area contributed by atoms with E-state index in [-0.39, 0.29) is 0 Å². The molecule has 2 aromatic rings. The number of alkyl halides is 3. The number of hydrogen-bond donors (Lipinski definition) is 0. The molecule has 8 heteroatoms. The molecule has 2 fully saturated rings. The van der Waals surface area contributed by atoms with E-state index >= 15 is 0 Å². The highest BCUT2D eigenvalue weighted by atomic mass is 32.1. The van der Waals surface area contributed by atoms with Crippen molar-refractivity contribution in [1.82, 2.24) is 14.9 Å². The summed E-state index contributed by atoms with van der Waals surface area (Å²) in [5, 5.41) is 0.763. The Hall–Kier alpha value is -1.41. The van der Waals surface area contributed by atoms with Gasteiger partial charge in [-0.05, 0) is 36.8 Å². The highest BCUT2D eigenvalue weighted by molar-refractivity contribution is 7.18. The maximum atomic E-state index is 12.8. The van der Waals surface area contributed by atoms with Crippen LogP contribution in [-0.4, -0.2) is 53.8 Å². The third-order valence-electron chi connectivity index (χ3n) is 5.54. The van der Waals surface area contributed by atoms with Crippen LogP contribution in [0.1, 0.15) is 25.1 Å². The zero-order valence-electron chi connectivity index (χ0n) is 15.7. The molecule has 27 heavy (non-hydrogen) atoms. The first-order valence-corrected chi connectivity index (χ1v) is 10.4. The normalized spacial score (nSPS) is 24.1. The SMILES string of the molecule is CC(C)CN1CCC2CN(c3ncnc4sc(CC(F)(F)F)cc34)CC2C1. The van der Waals surface area contributed by atoms with Crippen LogP contribution >= 0.6 is 11.3 Å². The van der Waals surface area contributed by atoms with E-state index in [9.17, 15) is 13.2 Å². The van der Waals surface area contributed by atoms with Crippen molar-refractivity contribution >= 4 is 27.4 Å². The molecular formula is C19H25F3N4S. The molecular weight excluding hydrogens is 373 g/mol. The lowest BCUT2D eigenvalue weighted by Gasteiger charge is -2.35. The van der Waals surface area contributed by atoms with Crippen molar-refractivity contribution in [1.29, 1.82) is 0 Å². The van der Waals surface area contributed by atoms with Crippen LogP contribution in [0.5, 0.6) is 0 Å². The van der Waals surface area contributed by atoms with Gasteiger partial charge in [0.1, 0.15) is 17.0 Å². The lowest BCUT2D eigenvalue weighted by molar-refractivity contribution is -0.126. The molecule has 0 aromatic carbocycles. The van der Waals surface area contributed by atoms with Crippen molar-refractivity contribution in [3.8, 4) is 0 Å². The molecule has 0 spiro atoms. The molecule has 0 radical (unpaired) electrons. The standard InChI is InChI=1S/C19H25F3N4S/c1-12(2)7-25-4-3-13-9-26(10-14(13)8-25)17-16-5-15(6-19(20,21)22)27-18(16)24-11-23-17/h5,11-14H,3-4,6-10H2,1-2H3. The van der Waals surface area contributed by atoms with Crippen LogP contribution in [0.25, 0.3) is 10.2 Å². The van der Waals surface area contributed by atoms with Crippen molar-refractivity contribution in [2.75, 3.05) is 37.6 Å². The van der Waals surface area contributed by atoms with Gasteiger partial charge in [-0.15, -0.1) is 11.3 Å². The summed E-state index contributed by atoms with van der Waals surface area (Å²) in [6.07, 6.45) is -2.43. The van der Waals surface area contributed by atoms with Gasteiger partial charge in [0.15, 0.2) is 0 Å². The summed E-state index contributed by atoms with van der Waals surface area (Å²) < 4.78 is 38.3. The Balaban J connectivity index is 1.53. The van der Waals surface area contributed by atoms with E-state index in [1.165, 1.54) is 12.7 Å². The quantitative estimate of drug-likeness (QED) is 0.772. The first-order valence-electron chi connectivity index (χ1n) is 9.56. The largest absolute Gasteiger partial charge is 0.393 e. The second kappa shape index (κ2) is 7.20. The fourth-order valence-electron chi connectivity index (χ4n) is 4.53. The molecule has 0 aliphatic carbocycles. The van der Waals surface area contributed by atoms with Gasteiger partial charge < -0.3 is 9.80 Å². The first kappa shape index (κ1) is 18.9. The Bertz CT molecular complexity index is 804. The van der Waals surface area contributed by atoms with E-state index in [1.807, 2.05) is 0 Å². The monoisotopic (exact) mass is 398 g/mol. The molecule has 4 rings (SSSR count). The van der Waals surface area contributed by atoms with Crippen LogP contribution in [-0.2, 0) is 6.42 Å². The summed E-state index contributed by atoms with van der Waals surface area (Å²) >= 11 is 1.12. The third kappa shape index (κ3) is 4.21. The summed E-state index contributed by atoms with van der Waals surface area (Å²) in [6, 6.07) is 1.63. The van der Waals surface area contributed by atoms with Gasteiger partial charge in [-0.2, -0.15) is 13.2 Å². The smallest absolute Gasteiger partial charge is 0.355 e. The minimum Gasteiger partial charge on any atom is -0.355 e. The average Bonchev–Trinajstić information content (AvgIpc) is 3.14. The van der Waals surface area contributed by atoms with Gasteiger partial charge in [-0.1, -0.05) is 13.8 Å². The van der Waals surface area contributed by atoms with Crippen molar-refractivity contribution in [3.05, 3.63) is 17.3 Å². The molecule has 0 amide bonds. The predicted molar refractivity (Wildman–Crippen MR) is 102 cm³/mol. The van der Waals surface area contributed by atoms with Gasteiger partial charge in [0.2, 0.25) is 0 Å². The maximum Gasteiger partial charge on any atom is 0.393 e. The van der Waals surface area contributed by atoms with E-state index in [0.29, 0.717) is 27.5 Å². The average molecular weight is 398 g/mol. The van der Waals surface area contributed by atoms with Crippen molar-refractivity contribution in [2.45, 2.75) is 32.9 Å². The van der Waals surface area contributed by atoms with Crippen LogP contribution in [0.4, 0.5) is 19.0 Å². The summed E-state index contributed by atoms with van der Waals surface area (Å²) in [5.74, 6) is 2.72. The number of likely N-dealkylation sites (tertiary alicyclic amines) is 1. The highest BCUT2D eigenvalue weighted by Crippen LogP contribution is 2.38. The van der Waals surface area contributed by atoms with Gasteiger partial charge in [0, 0.05) is 31.1 Å². The zero-order valence-corrected chi connectivity index (χ0v) is 16.5. The summed E-state index contributed by atoms with van der Waals surface area (Å²) in [6.45, 7) is 9.75. The fourth-order valence-corrected chi connectivity index (χ4v) is 5.55. The minimum atomic E-state index is -4.20. The Morgan fingerprint density at radius 1 is 1.19 bits per heavy atom.